The van der Waals surface area contributed by atoms with Crippen molar-refractivity contribution in [2.75, 3.05) is 0 Å². The fourth-order valence-corrected chi connectivity index (χ4v) is 6.98. The first-order chi connectivity index (χ1) is 15.6. The van der Waals surface area contributed by atoms with Crippen LogP contribution < -0.4 is 0 Å². The number of esters is 1. The van der Waals surface area contributed by atoms with E-state index >= 15 is 0 Å². The summed E-state index contributed by atoms with van der Waals surface area (Å²) in [6.07, 6.45) is 21.9. The predicted molar refractivity (Wildman–Crippen MR) is 133 cm³/mol. The number of unbranched alkanes of at least 4 members (excludes halogenated alkanes) is 4. The van der Waals surface area contributed by atoms with Crippen LogP contribution in [0.1, 0.15) is 145 Å². The molecule has 0 saturated heterocycles. The van der Waals surface area contributed by atoms with Crippen molar-refractivity contribution in [2.45, 2.75) is 135 Å². The summed E-state index contributed by atoms with van der Waals surface area (Å²) < 4.78 is 6.22. The minimum absolute atomic E-state index is 0.0965. The van der Waals surface area contributed by atoms with Crippen molar-refractivity contribution < 1.29 is 9.53 Å². The number of benzene rings is 1. The average Bonchev–Trinajstić information content (AvgIpc) is 3.30. The molecular weight excluding hydrogens is 392 g/mol. The Balaban J connectivity index is 1.27. The number of hydrogen-bond donors (Lipinski definition) is 0. The normalized spacial score (nSPS) is 31.7. The highest BCUT2D eigenvalue weighted by molar-refractivity contribution is 5.89. The summed E-state index contributed by atoms with van der Waals surface area (Å²) in [5.74, 6) is 1.49. The van der Waals surface area contributed by atoms with Crippen LogP contribution in [0, 0.1) is 11.3 Å². The van der Waals surface area contributed by atoms with Gasteiger partial charge in [-0.15, -0.1) is 0 Å². The van der Waals surface area contributed by atoms with Gasteiger partial charge >= 0.3 is 5.97 Å². The minimum Gasteiger partial charge on any atom is -0.455 e. The zero-order valence-corrected chi connectivity index (χ0v) is 20.8. The minimum atomic E-state index is -0.181. The lowest BCUT2D eigenvalue weighted by atomic mass is 9.57. The van der Waals surface area contributed by atoms with E-state index in [1.807, 2.05) is 12.1 Å². The molecule has 2 nitrogen and oxygen atoms in total. The molecule has 2 bridgehead atoms. The molecule has 0 unspecified atom stereocenters. The summed E-state index contributed by atoms with van der Waals surface area (Å²) in [7, 11) is 0. The summed E-state index contributed by atoms with van der Waals surface area (Å²) in [6, 6.07) is 8.46. The number of carbonyl (C=O) groups excluding carboxylic acids is 1. The van der Waals surface area contributed by atoms with E-state index in [1.165, 1.54) is 95.5 Å². The van der Waals surface area contributed by atoms with Crippen LogP contribution in [0.25, 0.3) is 0 Å². The topological polar surface area (TPSA) is 26.3 Å². The zero-order valence-electron chi connectivity index (χ0n) is 20.8. The maximum absolute atomic E-state index is 13.0. The van der Waals surface area contributed by atoms with Gasteiger partial charge in [-0.2, -0.15) is 0 Å². The fraction of sp³-hybridized carbons (Fsp3) is 0.767. The molecule has 1 aromatic rings. The van der Waals surface area contributed by atoms with Crippen LogP contribution >= 0.6 is 0 Å². The van der Waals surface area contributed by atoms with Crippen LogP contribution in [0.5, 0.6) is 0 Å². The van der Waals surface area contributed by atoms with Crippen molar-refractivity contribution in [3.05, 3.63) is 35.4 Å². The Hall–Kier alpha value is -1.31. The molecule has 2 atom stereocenters. The monoisotopic (exact) mass is 438 g/mol. The smallest absolute Gasteiger partial charge is 0.338 e. The molecule has 1 aromatic carbocycles. The molecule has 0 heterocycles. The molecule has 4 aliphatic carbocycles. The van der Waals surface area contributed by atoms with Gasteiger partial charge in [-0.25, -0.2) is 4.79 Å². The molecule has 4 aliphatic rings. The van der Waals surface area contributed by atoms with Gasteiger partial charge in [0.15, 0.2) is 0 Å². The number of carbonyl (C=O) groups is 1. The predicted octanol–water partition coefficient (Wildman–Crippen LogP) is 8.98. The summed E-state index contributed by atoms with van der Waals surface area (Å²) in [6.45, 7) is 4.57. The van der Waals surface area contributed by atoms with Crippen LogP contribution in [-0.4, -0.2) is 11.6 Å². The lowest BCUT2D eigenvalue weighted by molar-refractivity contribution is -0.106. The highest BCUT2D eigenvalue weighted by Crippen LogP contribution is 2.56. The van der Waals surface area contributed by atoms with Gasteiger partial charge in [-0.1, -0.05) is 70.9 Å². The van der Waals surface area contributed by atoms with Crippen molar-refractivity contribution in [3.63, 3.8) is 0 Å². The molecule has 5 rings (SSSR count). The van der Waals surface area contributed by atoms with Crippen molar-refractivity contribution in [1.29, 1.82) is 0 Å². The second-order valence-corrected chi connectivity index (χ2v) is 11.5. The van der Waals surface area contributed by atoms with Crippen LogP contribution in [0.3, 0.4) is 0 Å². The molecule has 0 aromatic heterocycles. The highest BCUT2D eigenvalue weighted by Gasteiger charge is 2.50. The summed E-state index contributed by atoms with van der Waals surface area (Å²) in [5.41, 5.74) is 2.54. The summed E-state index contributed by atoms with van der Waals surface area (Å²) in [5, 5.41) is 0. The van der Waals surface area contributed by atoms with Crippen molar-refractivity contribution >= 4 is 5.97 Å². The maximum atomic E-state index is 13.0. The van der Waals surface area contributed by atoms with E-state index in [0.717, 1.165) is 30.7 Å². The Bertz CT molecular complexity index is 709. The van der Waals surface area contributed by atoms with Gasteiger partial charge in [0.05, 0.1) is 5.56 Å². The SMILES string of the molecule is CCCCC[C@@H]1CC[C@H](c2ccc(C(=O)OC34CCC(CCCCC)(CC3)CC4)cc2)C1. The molecule has 32 heavy (non-hydrogen) atoms. The van der Waals surface area contributed by atoms with Crippen molar-refractivity contribution in [1.82, 2.24) is 0 Å². The fourth-order valence-electron chi connectivity index (χ4n) is 6.98. The van der Waals surface area contributed by atoms with Crippen LogP contribution in [0.4, 0.5) is 0 Å². The average molecular weight is 439 g/mol. The molecular formula is C30H46O2. The first-order valence-electron chi connectivity index (χ1n) is 13.9. The lowest BCUT2D eigenvalue weighted by Gasteiger charge is -2.53. The number of hydrogen-bond acceptors (Lipinski definition) is 2. The number of fused-ring (bicyclic) bond motifs is 3. The van der Waals surface area contributed by atoms with Gasteiger partial charge < -0.3 is 4.74 Å². The Morgan fingerprint density at radius 1 is 0.875 bits per heavy atom. The summed E-state index contributed by atoms with van der Waals surface area (Å²) >= 11 is 0. The Labute approximate surface area is 196 Å². The van der Waals surface area contributed by atoms with E-state index in [0.29, 0.717) is 11.3 Å². The van der Waals surface area contributed by atoms with Crippen LogP contribution in [-0.2, 0) is 4.74 Å². The van der Waals surface area contributed by atoms with Gasteiger partial charge in [0.2, 0.25) is 0 Å². The largest absolute Gasteiger partial charge is 0.455 e. The number of rotatable bonds is 11. The molecule has 4 fully saturated rings. The third kappa shape index (κ3) is 5.60. The van der Waals surface area contributed by atoms with Crippen molar-refractivity contribution in [2.24, 2.45) is 11.3 Å². The molecule has 0 N–H and O–H groups in total. The van der Waals surface area contributed by atoms with E-state index in [2.05, 4.69) is 26.0 Å². The van der Waals surface area contributed by atoms with Gasteiger partial charge in [-0.3, -0.25) is 0 Å². The quantitative estimate of drug-likeness (QED) is 0.254. The first-order valence-corrected chi connectivity index (χ1v) is 13.9. The Morgan fingerprint density at radius 3 is 2.19 bits per heavy atom. The maximum Gasteiger partial charge on any atom is 0.338 e. The molecule has 4 saturated carbocycles. The van der Waals surface area contributed by atoms with E-state index in [-0.39, 0.29) is 11.6 Å². The Morgan fingerprint density at radius 2 is 1.53 bits per heavy atom. The third-order valence-corrected chi connectivity index (χ3v) is 9.33. The van der Waals surface area contributed by atoms with Crippen LogP contribution in [0.2, 0.25) is 0 Å². The third-order valence-electron chi connectivity index (χ3n) is 9.33. The zero-order chi connectivity index (χ0) is 22.4. The molecule has 0 amide bonds. The molecule has 0 radical (unpaired) electrons. The van der Waals surface area contributed by atoms with Gasteiger partial charge in [0.25, 0.3) is 0 Å². The van der Waals surface area contributed by atoms with E-state index in [1.54, 1.807) is 0 Å². The van der Waals surface area contributed by atoms with Crippen molar-refractivity contribution in [3.8, 4) is 0 Å². The van der Waals surface area contributed by atoms with Gasteiger partial charge in [0, 0.05) is 0 Å². The second kappa shape index (κ2) is 10.7. The molecule has 2 heteroatoms. The summed E-state index contributed by atoms with van der Waals surface area (Å²) in [4.78, 5) is 13.0. The Kier molecular flexibility index (Phi) is 8.00. The van der Waals surface area contributed by atoms with Gasteiger partial charge in [0.1, 0.15) is 5.60 Å². The van der Waals surface area contributed by atoms with E-state index in [4.69, 9.17) is 4.74 Å². The van der Waals surface area contributed by atoms with E-state index < -0.39 is 0 Å². The van der Waals surface area contributed by atoms with E-state index in [9.17, 15) is 4.79 Å². The molecule has 0 spiro atoms. The molecule has 0 aliphatic heterocycles. The highest BCUT2D eigenvalue weighted by atomic mass is 16.6. The number of ether oxygens (including phenoxy) is 1. The second-order valence-electron chi connectivity index (χ2n) is 11.5. The molecule has 178 valence electrons. The lowest BCUT2D eigenvalue weighted by Crippen LogP contribution is -2.48. The standard InChI is InChI=1S/C30H46O2/c1-3-5-7-9-24-10-11-27(23-24)25-12-14-26(15-13-25)28(31)32-30-20-17-29(18-21-30,19-22-30)16-8-6-4-2/h12-15,24,27H,3-11,16-23H2,1-2H3/t24-,27+,29?,30?/m1/s1. The van der Waals surface area contributed by atoms with Gasteiger partial charge in [-0.05, 0) is 99.2 Å². The first kappa shape index (κ1) is 23.8. The van der Waals surface area contributed by atoms with Crippen LogP contribution in [0.15, 0.2) is 24.3 Å².